The largest absolute Gasteiger partial charge is 0.460 e. The third-order valence-electron chi connectivity index (χ3n) is 9.82. The highest BCUT2D eigenvalue weighted by Gasteiger charge is 2.94. The van der Waals surface area contributed by atoms with Gasteiger partial charge in [0.25, 0.3) is 0 Å². The van der Waals surface area contributed by atoms with E-state index in [0.717, 1.165) is 43.7 Å². The highest BCUT2D eigenvalue weighted by atomic mass is 19.4. The maximum Gasteiger partial charge on any atom is 0.460 e. The van der Waals surface area contributed by atoms with Gasteiger partial charge in [-0.1, -0.05) is 69.7 Å². The maximum absolute atomic E-state index is 14.4. The molecule has 0 spiro atoms. The lowest BCUT2D eigenvalue weighted by Gasteiger charge is -2.41. The number of Topliss-reactive ketones (excluding diaryl/α,β-unsaturated/α-hetero) is 1. The van der Waals surface area contributed by atoms with Crippen molar-refractivity contribution >= 4 is 5.78 Å². The Hall–Kier alpha value is -2.16. The number of rotatable bonds is 13. The number of benzene rings is 1. The van der Waals surface area contributed by atoms with Crippen molar-refractivity contribution in [2.75, 3.05) is 0 Å². The van der Waals surface area contributed by atoms with Gasteiger partial charge in [0.1, 0.15) is 0 Å². The van der Waals surface area contributed by atoms with Crippen LogP contribution in [0.15, 0.2) is 24.3 Å². The van der Waals surface area contributed by atoms with E-state index < -0.39 is 53.1 Å². The van der Waals surface area contributed by atoms with Crippen molar-refractivity contribution in [3.63, 3.8) is 0 Å². The van der Waals surface area contributed by atoms with Crippen LogP contribution < -0.4 is 0 Å². The SMILES string of the molecule is CCC[C@H]1CC[C@H](C2CCC(CCc3ccc(C(=O)C(F)(F)C(F)(F)C(F)(F)C(F)(F)C(F)(F)C(F)(F)C(F)(F)F)cc3)CC2)CC1. The molecule has 2 aliphatic rings. The zero-order valence-corrected chi connectivity index (χ0v) is 25.2. The Bertz CT molecular complexity index is 1190. The van der Waals surface area contributed by atoms with Crippen LogP contribution in [0.25, 0.3) is 0 Å². The number of aryl methyl sites for hydroxylation is 1. The predicted octanol–water partition coefficient (Wildman–Crippen LogP) is 11.6. The predicted molar refractivity (Wildman–Crippen MR) is 141 cm³/mol. The summed E-state index contributed by atoms with van der Waals surface area (Å²) in [6, 6.07) is 2.92. The van der Waals surface area contributed by atoms with E-state index >= 15 is 0 Å². The van der Waals surface area contributed by atoms with Crippen molar-refractivity contribution in [1.29, 1.82) is 0 Å². The topological polar surface area (TPSA) is 17.1 Å². The van der Waals surface area contributed by atoms with E-state index in [1.54, 1.807) is 0 Å². The monoisotopic (exact) mass is 708 g/mol. The van der Waals surface area contributed by atoms with Gasteiger partial charge in [-0.3, -0.25) is 4.79 Å². The standard InChI is InChI=1S/C31H35F15O/c1-2-3-18-6-12-21(13-7-18)22-14-8-19(9-15-22)4-5-20-10-16-23(17-11-20)24(47)25(32,33)26(34,35)27(36,37)28(38,39)29(40,41)30(42,43)31(44,45)46/h10-11,16-19,21-22H,2-9,12-15H2,1H3/t18-,19?,21-,22?. The summed E-state index contributed by atoms with van der Waals surface area (Å²) in [5, 5.41) is 0. The second-order valence-electron chi connectivity index (χ2n) is 12.9. The number of alkyl halides is 15. The fourth-order valence-electron chi connectivity index (χ4n) is 6.79. The lowest BCUT2D eigenvalue weighted by molar-refractivity contribution is -0.449. The Kier molecular flexibility index (Phi) is 11.4. The normalized spacial score (nSPS) is 24.3. The van der Waals surface area contributed by atoms with E-state index in [-0.39, 0.29) is 0 Å². The zero-order valence-electron chi connectivity index (χ0n) is 25.2. The van der Waals surface area contributed by atoms with Gasteiger partial charge in [-0.05, 0) is 67.8 Å². The summed E-state index contributed by atoms with van der Waals surface area (Å²) < 4.78 is 202. The average Bonchev–Trinajstić information content (AvgIpc) is 2.99. The first-order chi connectivity index (χ1) is 21.4. The van der Waals surface area contributed by atoms with E-state index in [2.05, 4.69) is 6.92 Å². The van der Waals surface area contributed by atoms with Gasteiger partial charge in [-0.2, -0.15) is 65.9 Å². The molecule has 270 valence electrons. The molecule has 16 heteroatoms. The van der Waals surface area contributed by atoms with Crippen molar-refractivity contribution in [2.45, 2.75) is 126 Å². The number of carbonyl (C=O) groups is 1. The van der Waals surface area contributed by atoms with Gasteiger partial charge in [0.15, 0.2) is 0 Å². The van der Waals surface area contributed by atoms with Crippen LogP contribution in [0.4, 0.5) is 65.9 Å². The van der Waals surface area contributed by atoms with Crippen molar-refractivity contribution < 1.29 is 70.7 Å². The minimum Gasteiger partial charge on any atom is -0.287 e. The number of hydrogen-bond donors (Lipinski definition) is 0. The minimum absolute atomic E-state index is 0.318. The average molecular weight is 709 g/mol. The molecular formula is C31H35F15O. The fraction of sp³-hybridized carbons (Fsp3) is 0.774. The van der Waals surface area contributed by atoms with Crippen molar-refractivity contribution in [1.82, 2.24) is 0 Å². The first-order valence-electron chi connectivity index (χ1n) is 15.3. The molecule has 0 saturated heterocycles. The Morgan fingerprint density at radius 3 is 1.34 bits per heavy atom. The van der Waals surface area contributed by atoms with Crippen LogP contribution in [-0.4, -0.2) is 47.5 Å². The van der Waals surface area contributed by atoms with Gasteiger partial charge in [-0.15, -0.1) is 0 Å². The second-order valence-corrected chi connectivity index (χ2v) is 12.9. The van der Waals surface area contributed by atoms with Crippen LogP contribution in [0.5, 0.6) is 0 Å². The van der Waals surface area contributed by atoms with E-state index in [9.17, 15) is 70.7 Å². The first-order valence-corrected chi connectivity index (χ1v) is 15.3. The number of halogens is 15. The molecular weight excluding hydrogens is 673 g/mol. The molecule has 0 unspecified atom stereocenters. The lowest BCUT2D eigenvalue weighted by Crippen LogP contribution is -2.73. The molecule has 0 bridgehead atoms. The van der Waals surface area contributed by atoms with Gasteiger partial charge >= 0.3 is 41.7 Å². The van der Waals surface area contributed by atoms with Gasteiger partial charge in [0.05, 0.1) is 0 Å². The molecule has 47 heavy (non-hydrogen) atoms. The highest BCUT2D eigenvalue weighted by molar-refractivity contribution is 6.02. The summed E-state index contributed by atoms with van der Waals surface area (Å²) in [4.78, 5) is 12.1. The summed E-state index contributed by atoms with van der Waals surface area (Å²) in [5.41, 5.74) is -1.06. The first kappa shape index (κ1) is 39.3. The molecule has 2 saturated carbocycles. The lowest BCUT2D eigenvalue weighted by atomic mass is 9.68. The molecule has 1 nitrogen and oxygen atoms in total. The molecule has 2 aliphatic carbocycles. The van der Waals surface area contributed by atoms with Crippen LogP contribution in [-0.2, 0) is 6.42 Å². The summed E-state index contributed by atoms with van der Waals surface area (Å²) in [5.74, 6) is -48.8. The number of carbonyl (C=O) groups excluding carboxylic acids is 1. The van der Waals surface area contributed by atoms with Crippen LogP contribution in [0.3, 0.4) is 0 Å². The highest BCUT2D eigenvalue weighted by Crippen LogP contribution is 2.62. The zero-order chi connectivity index (χ0) is 35.9. The Morgan fingerprint density at radius 1 is 0.553 bits per heavy atom. The third-order valence-corrected chi connectivity index (χ3v) is 9.82. The molecule has 0 aromatic heterocycles. The third kappa shape index (κ3) is 7.12. The molecule has 0 heterocycles. The molecule has 0 amide bonds. The molecule has 1 aromatic carbocycles. The van der Waals surface area contributed by atoms with Gasteiger partial charge < -0.3 is 0 Å². The summed E-state index contributed by atoms with van der Waals surface area (Å²) in [6.07, 6.45) is 4.63. The minimum atomic E-state index is -8.43. The molecule has 3 rings (SSSR count). The molecule has 0 N–H and O–H groups in total. The maximum atomic E-state index is 14.4. The van der Waals surface area contributed by atoms with E-state index in [0.29, 0.717) is 48.3 Å². The van der Waals surface area contributed by atoms with Gasteiger partial charge in [0.2, 0.25) is 5.78 Å². The van der Waals surface area contributed by atoms with Gasteiger partial charge in [0, 0.05) is 5.56 Å². The number of hydrogen-bond acceptors (Lipinski definition) is 1. The smallest absolute Gasteiger partial charge is 0.287 e. The molecule has 0 atom stereocenters. The van der Waals surface area contributed by atoms with E-state index in [1.807, 2.05) is 0 Å². The second kappa shape index (κ2) is 13.6. The summed E-state index contributed by atoms with van der Waals surface area (Å²) in [7, 11) is 0. The van der Waals surface area contributed by atoms with Crippen LogP contribution in [0.1, 0.15) is 93.5 Å². The van der Waals surface area contributed by atoms with Crippen LogP contribution in [0.2, 0.25) is 0 Å². The molecule has 0 aliphatic heterocycles. The Morgan fingerprint density at radius 2 is 0.936 bits per heavy atom. The van der Waals surface area contributed by atoms with E-state index in [4.69, 9.17) is 0 Å². The fourth-order valence-corrected chi connectivity index (χ4v) is 6.79. The summed E-state index contributed by atoms with van der Waals surface area (Å²) in [6.45, 7) is 2.18. The van der Waals surface area contributed by atoms with E-state index in [1.165, 1.54) is 38.5 Å². The summed E-state index contributed by atoms with van der Waals surface area (Å²) >= 11 is 0. The Labute approximate surface area is 261 Å². The van der Waals surface area contributed by atoms with Crippen molar-refractivity contribution in [3.05, 3.63) is 35.4 Å². The molecule has 2 fully saturated rings. The van der Waals surface area contributed by atoms with Crippen LogP contribution in [0, 0.1) is 23.7 Å². The van der Waals surface area contributed by atoms with Gasteiger partial charge in [-0.25, -0.2) is 0 Å². The van der Waals surface area contributed by atoms with Crippen molar-refractivity contribution in [3.8, 4) is 0 Å². The molecule has 0 radical (unpaired) electrons. The molecule has 1 aromatic rings. The van der Waals surface area contributed by atoms with Crippen LogP contribution >= 0.6 is 0 Å². The quantitative estimate of drug-likeness (QED) is 0.147. The number of ketones is 1. The van der Waals surface area contributed by atoms with Crippen molar-refractivity contribution in [2.24, 2.45) is 23.7 Å². The Balaban J connectivity index is 1.64.